The predicted molar refractivity (Wildman–Crippen MR) is 82.7 cm³/mol. The van der Waals surface area contributed by atoms with E-state index in [1.807, 2.05) is 43.3 Å². The second-order valence-electron chi connectivity index (χ2n) is 4.09. The van der Waals surface area contributed by atoms with Gasteiger partial charge in [0.15, 0.2) is 0 Å². The van der Waals surface area contributed by atoms with Crippen LogP contribution in [0.2, 0.25) is 10.0 Å². The minimum absolute atomic E-state index is 0.691. The van der Waals surface area contributed by atoms with Crippen LogP contribution in [-0.4, -0.2) is 0 Å². The summed E-state index contributed by atoms with van der Waals surface area (Å²) in [5, 5.41) is 4.75. The molecule has 0 heterocycles. The maximum absolute atomic E-state index is 6.12. The molecule has 2 aromatic rings. The lowest BCUT2D eigenvalue weighted by Crippen LogP contribution is -2.00. The van der Waals surface area contributed by atoms with Gasteiger partial charge in [0.1, 0.15) is 0 Å². The summed E-state index contributed by atoms with van der Waals surface area (Å²) in [5.41, 5.74) is 3.23. The Balaban J connectivity index is 2.11. The minimum atomic E-state index is 0.691. The summed E-state index contributed by atoms with van der Waals surface area (Å²) < 4.78 is 0.904. The van der Waals surface area contributed by atoms with Crippen molar-refractivity contribution in [3.8, 4) is 0 Å². The molecule has 0 radical (unpaired) electrons. The van der Waals surface area contributed by atoms with E-state index in [0.717, 1.165) is 20.7 Å². The fourth-order valence-electron chi connectivity index (χ4n) is 1.62. The number of rotatable bonds is 3. The van der Waals surface area contributed by atoms with Crippen LogP contribution in [-0.2, 0) is 6.54 Å². The molecular weight excluding hydrogens is 333 g/mol. The number of aryl methyl sites for hydroxylation is 1. The molecule has 4 heteroatoms. The molecule has 1 N–H and O–H groups in total. The average Bonchev–Trinajstić information content (AvgIpc) is 2.34. The summed E-state index contributed by atoms with van der Waals surface area (Å²) in [7, 11) is 0. The van der Waals surface area contributed by atoms with Crippen molar-refractivity contribution in [2.75, 3.05) is 5.32 Å². The highest BCUT2D eigenvalue weighted by Crippen LogP contribution is 2.26. The van der Waals surface area contributed by atoms with Gasteiger partial charge in [0, 0.05) is 11.0 Å². The largest absolute Gasteiger partial charge is 0.380 e. The van der Waals surface area contributed by atoms with E-state index in [0.29, 0.717) is 11.6 Å². The van der Waals surface area contributed by atoms with Crippen LogP contribution in [0.3, 0.4) is 0 Å². The minimum Gasteiger partial charge on any atom is -0.380 e. The Labute approximate surface area is 125 Å². The highest BCUT2D eigenvalue weighted by atomic mass is 79.9. The van der Waals surface area contributed by atoms with Gasteiger partial charge >= 0.3 is 0 Å². The van der Waals surface area contributed by atoms with Gasteiger partial charge in [-0.15, -0.1) is 0 Å². The lowest BCUT2D eigenvalue weighted by Gasteiger charge is -2.10. The van der Waals surface area contributed by atoms with Gasteiger partial charge in [-0.25, -0.2) is 0 Å². The van der Waals surface area contributed by atoms with E-state index in [-0.39, 0.29) is 0 Å². The third kappa shape index (κ3) is 3.41. The summed E-state index contributed by atoms with van der Waals surface area (Å²) in [6.07, 6.45) is 0. The van der Waals surface area contributed by atoms with Crippen molar-refractivity contribution >= 4 is 44.8 Å². The first kappa shape index (κ1) is 13.7. The van der Waals surface area contributed by atoms with Crippen molar-refractivity contribution < 1.29 is 0 Å². The normalized spacial score (nSPS) is 10.4. The van der Waals surface area contributed by atoms with Crippen molar-refractivity contribution in [2.45, 2.75) is 13.5 Å². The molecule has 94 valence electrons. The third-order valence-electron chi connectivity index (χ3n) is 2.59. The Morgan fingerprint density at radius 3 is 2.56 bits per heavy atom. The molecule has 0 aliphatic carbocycles. The Kier molecular flexibility index (Phi) is 4.55. The monoisotopic (exact) mass is 343 g/mol. The summed E-state index contributed by atoms with van der Waals surface area (Å²) in [4.78, 5) is 0. The lowest BCUT2D eigenvalue weighted by atomic mass is 10.2. The van der Waals surface area contributed by atoms with Crippen molar-refractivity contribution in [2.24, 2.45) is 0 Å². The number of benzene rings is 2. The third-order valence-corrected chi connectivity index (χ3v) is 4.15. The SMILES string of the molecule is Cc1ccc(Cl)c(NCc2ccc(Br)c(Cl)c2)c1. The molecule has 0 aliphatic rings. The Morgan fingerprint density at radius 2 is 1.83 bits per heavy atom. The molecule has 2 rings (SSSR count). The van der Waals surface area contributed by atoms with Gasteiger partial charge < -0.3 is 5.32 Å². The number of halogens is 3. The van der Waals surface area contributed by atoms with Gasteiger partial charge in [0.25, 0.3) is 0 Å². The molecule has 0 unspecified atom stereocenters. The molecule has 1 nitrogen and oxygen atoms in total. The smallest absolute Gasteiger partial charge is 0.0637 e. The standard InChI is InChI=1S/C14H12BrCl2N/c1-9-2-5-12(16)14(6-9)18-8-10-3-4-11(15)13(17)7-10/h2-7,18H,8H2,1H3. The number of hydrogen-bond acceptors (Lipinski definition) is 1. The molecule has 0 saturated carbocycles. The molecule has 0 fully saturated rings. The van der Waals surface area contributed by atoms with E-state index in [9.17, 15) is 0 Å². The van der Waals surface area contributed by atoms with E-state index >= 15 is 0 Å². The summed E-state index contributed by atoms with van der Waals surface area (Å²) in [6, 6.07) is 11.8. The van der Waals surface area contributed by atoms with Gasteiger partial charge in [-0.1, -0.05) is 35.3 Å². The molecule has 0 amide bonds. The zero-order valence-electron chi connectivity index (χ0n) is 9.81. The highest BCUT2D eigenvalue weighted by Gasteiger charge is 2.02. The Bertz CT molecular complexity index is 570. The zero-order chi connectivity index (χ0) is 13.1. The molecular formula is C14H12BrCl2N. The van der Waals surface area contributed by atoms with Crippen LogP contribution >= 0.6 is 39.1 Å². The van der Waals surface area contributed by atoms with E-state index in [2.05, 4.69) is 21.2 Å². The topological polar surface area (TPSA) is 12.0 Å². The van der Waals surface area contributed by atoms with Gasteiger partial charge in [0.05, 0.1) is 15.7 Å². The van der Waals surface area contributed by atoms with Crippen LogP contribution in [0.4, 0.5) is 5.69 Å². The van der Waals surface area contributed by atoms with Gasteiger partial charge in [-0.2, -0.15) is 0 Å². The first-order valence-corrected chi connectivity index (χ1v) is 7.05. The van der Waals surface area contributed by atoms with E-state index in [1.54, 1.807) is 0 Å². The van der Waals surface area contributed by atoms with Crippen LogP contribution in [0.5, 0.6) is 0 Å². The first-order chi connectivity index (χ1) is 8.56. The first-order valence-electron chi connectivity index (χ1n) is 5.50. The van der Waals surface area contributed by atoms with Gasteiger partial charge in [0.2, 0.25) is 0 Å². The van der Waals surface area contributed by atoms with E-state index in [1.165, 1.54) is 5.56 Å². The Hall–Kier alpha value is -0.700. The van der Waals surface area contributed by atoms with Crippen molar-refractivity contribution in [3.63, 3.8) is 0 Å². The number of nitrogens with one attached hydrogen (secondary N) is 1. The zero-order valence-corrected chi connectivity index (χ0v) is 12.9. The van der Waals surface area contributed by atoms with Crippen molar-refractivity contribution in [3.05, 3.63) is 62.0 Å². The molecule has 0 spiro atoms. The maximum Gasteiger partial charge on any atom is 0.0637 e. The quantitative estimate of drug-likeness (QED) is 0.755. The van der Waals surface area contributed by atoms with Crippen LogP contribution in [0.15, 0.2) is 40.9 Å². The summed E-state index contributed by atoms with van der Waals surface area (Å²) in [6.45, 7) is 2.73. The fourth-order valence-corrected chi connectivity index (χ4v) is 2.26. The maximum atomic E-state index is 6.12. The molecule has 0 saturated heterocycles. The van der Waals surface area contributed by atoms with Crippen LogP contribution in [0, 0.1) is 6.92 Å². The van der Waals surface area contributed by atoms with Crippen LogP contribution in [0.1, 0.15) is 11.1 Å². The molecule has 0 aliphatic heterocycles. The number of hydrogen-bond donors (Lipinski definition) is 1. The molecule has 0 bridgehead atoms. The van der Waals surface area contributed by atoms with E-state index < -0.39 is 0 Å². The summed E-state index contributed by atoms with van der Waals surface area (Å²) >= 11 is 15.5. The Morgan fingerprint density at radius 1 is 1.06 bits per heavy atom. The summed E-state index contributed by atoms with van der Waals surface area (Å²) in [5.74, 6) is 0. The fraction of sp³-hybridized carbons (Fsp3) is 0.143. The van der Waals surface area contributed by atoms with E-state index in [4.69, 9.17) is 23.2 Å². The lowest BCUT2D eigenvalue weighted by molar-refractivity contribution is 1.15. The molecule has 18 heavy (non-hydrogen) atoms. The molecule has 0 aromatic heterocycles. The predicted octanol–water partition coefficient (Wildman–Crippen LogP) is 5.68. The van der Waals surface area contributed by atoms with Crippen molar-refractivity contribution in [1.29, 1.82) is 0 Å². The second kappa shape index (κ2) is 5.96. The van der Waals surface area contributed by atoms with Crippen molar-refractivity contribution in [1.82, 2.24) is 0 Å². The van der Waals surface area contributed by atoms with Gasteiger partial charge in [-0.3, -0.25) is 0 Å². The van der Waals surface area contributed by atoms with Crippen LogP contribution in [0.25, 0.3) is 0 Å². The number of anilines is 1. The molecule has 2 aromatic carbocycles. The average molecular weight is 345 g/mol. The second-order valence-corrected chi connectivity index (χ2v) is 5.75. The highest BCUT2D eigenvalue weighted by molar-refractivity contribution is 9.10. The van der Waals surface area contributed by atoms with Gasteiger partial charge in [-0.05, 0) is 58.2 Å². The van der Waals surface area contributed by atoms with Crippen LogP contribution < -0.4 is 5.32 Å². The molecule has 0 atom stereocenters.